The van der Waals surface area contributed by atoms with Crippen LogP contribution in [0.15, 0.2) is 24.3 Å². The van der Waals surface area contributed by atoms with Crippen LogP contribution in [0.3, 0.4) is 0 Å². The first-order valence-corrected chi connectivity index (χ1v) is 6.48. The lowest BCUT2D eigenvalue weighted by Crippen LogP contribution is -2.30. The molecule has 6 heteroatoms. The van der Waals surface area contributed by atoms with Gasteiger partial charge in [-0.15, -0.1) is 0 Å². The second-order valence-electron chi connectivity index (χ2n) is 4.89. The minimum Gasteiger partial charge on any atom is -0.377 e. The van der Waals surface area contributed by atoms with Crippen molar-refractivity contribution in [3.05, 3.63) is 39.9 Å². The Hall–Kier alpha value is -1.79. The molecule has 0 radical (unpaired) electrons. The molecule has 0 amide bonds. The van der Waals surface area contributed by atoms with Crippen LogP contribution >= 0.6 is 0 Å². The zero-order valence-corrected chi connectivity index (χ0v) is 12.0. The fraction of sp³-hybridized carbons (Fsp3) is 0.500. The lowest BCUT2D eigenvalue weighted by molar-refractivity contribution is -0.384. The van der Waals surface area contributed by atoms with Crippen LogP contribution in [0.4, 0.5) is 5.69 Å². The van der Waals surface area contributed by atoms with Crippen molar-refractivity contribution in [2.24, 2.45) is 0 Å². The van der Waals surface area contributed by atoms with Crippen LogP contribution in [0.2, 0.25) is 0 Å². The van der Waals surface area contributed by atoms with Gasteiger partial charge in [-0.05, 0) is 20.9 Å². The third-order valence-electron chi connectivity index (χ3n) is 2.72. The standard InChI is InChI=1S/C14H20N2O4/c1-11(2)20-8-7-15(3)10-14(17)12-5-4-6-13(9-12)16(18)19/h4-6,9,11H,7-8,10H2,1-3H3. The van der Waals surface area contributed by atoms with E-state index in [0.717, 1.165) is 0 Å². The van der Waals surface area contributed by atoms with Gasteiger partial charge in [-0.25, -0.2) is 0 Å². The SMILES string of the molecule is CC(C)OCCN(C)CC(=O)c1cccc([N+](=O)[O-])c1. The highest BCUT2D eigenvalue weighted by molar-refractivity contribution is 5.98. The zero-order valence-electron chi connectivity index (χ0n) is 12.0. The molecular formula is C14H20N2O4. The summed E-state index contributed by atoms with van der Waals surface area (Å²) in [6.07, 6.45) is 0.163. The van der Waals surface area contributed by atoms with E-state index in [1.54, 1.807) is 6.07 Å². The number of non-ortho nitro benzene ring substituents is 1. The molecule has 0 saturated heterocycles. The maximum absolute atomic E-state index is 12.0. The van der Waals surface area contributed by atoms with Gasteiger partial charge < -0.3 is 4.74 Å². The van der Waals surface area contributed by atoms with Crippen LogP contribution in [0.25, 0.3) is 0 Å². The van der Waals surface area contributed by atoms with E-state index in [1.807, 2.05) is 25.8 Å². The molecule has 0 fully saturated rings. The Morgan fingerprint density at radius 2 is 2.15 bits per heavy atom. The summed E-state index contributed by atoms with van der Waals surface area (Å²) in [7, 11) is 1.82. The fourth-order valence-electron chi connectivity index (χ4n) is 1.65. The Morgan fingerprint density at radius 1 is 1.45 bits per heavy atom. The van der Waals surface area contributed by atoms with Gasteiger partial charge in [0.25, 0.3) is 5.69 Å². The Bertz CT molecular complexity index is 474. The molecule has 0 aliphatic carbocycles. The summed E-state index contributed by atoms with van der Waals surface area (Å²) in [5, 5.41) is 10.7. The number of hydrogen-bond donors (Lipinski definition) is 0. The van der Waals surface area contributed by atoms with E-state index in [1.165, 1.54) is 18.2 Å². The molecule has 0 spiro atoms. The molecule has 1 aromatic carbocycles. The van der Waals surface area contributed by atoms with E-state index >= 15 is 0 Å². The number of rotatable bonds is 8. The van der Waals surface area contributed by atoms with Gasteiger partial charge in [0, 0.05) is 24.2 Å². The van der Waals surface area contributed by atoms with Crippen molar-refractivity contribution in [2.75, 3.05) is 26.7 Å². The summed E-state index contributed by atoms with van der Waals surface area (Å²) < 4.78 is 5.41. The van der Waals surface area contributed by atoms with Crippen LogP contribution in [0.5, 0.6) is 0 Å². The monoisotopic (exact) mass is 280 g/mol. The molecule has 0 N–H and O–H groups in total. The van der Waals surface area contributed by atoms with E-state index in [2.05, 4.69) is 0 Å². The summed E-state index contributed by atoms with van der Waals surface area (Å²) >= 11 is 0. The summed E-state index contributed by atoms with van der Waals surface area (Å²) in [6.45, 7) is 5.31. The highest BCUT2D eigenvalue weighted by atomic mass is 16.6. The number of likely N-dealkylation sites (N-methyl/N-ethyl adjacent to an activating group) is 1. The van der Waals surface area contributed by atoms with E-state index in [-0.39, 0.29) is 24.1 Å². The van der Waals surface area contributed by atoms with Crippen LogP contribution in [0, 0.1) is 10.1 Å². The van der Waals surface area contributed by atoms with Crippen molar-refractivity contribution in [2.45, 2.75) is 20.0 Å². The summed E-state index contributed by atoms with van der Waals surface area (Å²) in [4.78, 5) is 24.0. The number of nitrogens with zero attached hydrogens (tertiary/aromatic N) is 2. The second-order valence-corrected chi connectivity index (χ2v) is 4.89. The molecule has 0 bridgehead atoms. The Kier molecular flexibility index (Phi) is 6.27. The van der Waals surface area contributed by atoms with Crippen LogP contribution < -0.4 is 0 Å². The average Bonchev–Trinajstić information content (AvgIpc) is 2.38. The number of ether oxygens (including phenoxy) is 1. The molecule has 0 aliphatic heterocycles. The maximum Gasteiger partial charge on any atom is 0.270 e. The van der Waals surface area contributed by atoms with Crippen LogP contribution in [-0.2, 0) is 4.74 Å². The topological polar surface area (TPSA) is 72.7 Å². The first-order valence-electron chi connectivity index (χ1n) is 6.48. The number of hydrogen-bond acceptors (Lipinski definition) is 5. The molecule has 1 rings (SSSR count). The largest absolute Gasteiger partial charge is 0.377 e. The van der Waals surface area contributed by atoms with E-state index in [9.17, 15) is 14.9 Å². The van der Waals surface area contributed by atoms with Crippen molar-refractivity contribution in [1.29, 1.82) is 0 Å². The fourth-order valence-corrected chi connectivity index (χ4v) is 1.65. The van der Waals surface area contributed by atoms with Gasteiger partial charge in [0.15, 0.2) is 5.78 Å². The normalized spacial score (nSPS) is 11.1. The van der Waals surface area contributed by atoms with Gasteiger partial charge in [-0.1, -0.05) is 12.1 Å². The molecule has 0 heterocycles. The minimum atomic E-state index is -0.503. The lowest BCUT2D eigenvalue weighted by Gasteiger charge is -2.16. The van der Waals surface area contributed by atoms with E-state index in [0.29, 0.717) is 18.7 Å². The molecule has 0 aromatic heterocycles. The summed E-state index contributed by atoms with van der Waals surface area (Å²) in [5.41, 5.74) is 0.289. The van der Waals surface area contributed by atoms with Gasteiger partial charge in [-0.3, -0.25) is 19.8 Å². The number of benzene rings is 1. The third kappa shape index (κ3) is 5.46. The van der Waals surface area contributed by atoms with E-state index < -0.39 is 4.92 Å². The number of Topliss-reactive ketones (excluding diaryl/α,β-unsaturated/α-hetero) is 1. The molecular weight excluding hydrogens is 260 g/mol. The smallest absolute Gasteiger partial charge is 0.270 e. The molecule has 110 valence electrons. The zero-order chi connectivity index (χ0) is 15.1. The predicted molar refractivity (Wildman–Crippen MR) is 76.0 cm³/mol. The third-order valence-corrected chi connectivity index (χ3v) is 2.72. The maximum atomic E-state index is 12.0. The first-order chi connectivity index (χ1) is 9.40. The van der Waals surface area contributed by atoms with Gasteiger partial charge in [0.1, 0.15) is 0 Å². The number of carbonyl (C=O) groups is 1. The lowest BCUT2D eigenvalue weighted by atomic mass is 10.1. The van der Waals surface area contributed by atoms with Gasteiger partial charge >= 0.3 is 0 Å². The first kappa shape index (κ1) is 16.3. The van der Waals surface area contributed by atoms with Gasteiger partial charge in [0.2, 0.25) is 0 Å². The second kappa shape index (κ2) is 7.72. The molecule has 0 atom stereocenters. The Morgan fingerprint density at radius 3 is 2.75 bits per heavy atom. The number of carbonyl (C=O) groups excluding carboxylic acids is 1. The minimum absolute atomic E-state index is 0.0679. The van der Waals surface area contributed by atoms with Crippen LogP contribution in [0.1, 0.15) is 24.2 Å². The number of ketones is 1. The van der Waals surface area contributed by atoms with Crippen molar-refractivity contribution >= 4 is 11.5 Å². The Labute approximate surface area is 118 Å². The van der Waals surface area contributed by atoms with Crippen molar-refractivity contribution in [3.63, 3.8) is 0 Å². The van der Waals surface area contributed by atoms with Crippen molar-refractivity contribution in [3.8, 4) is 0 Å². The summed E-state index contributed by atoms with van der Waals surface area (Å²) in [6, 6.07) is 5.79. The number of nitro benzene ring substituents is 1. The Balaban J connectivity index is 2.53. The van der Waals surface area contributed by atoms with Crippen molar-refractivity contribution in [1.82, 2.24) is 4.90 Å². The molecule has 0 aliphatic rings. The van der Waals surface area contributed by atoms with Gasteiger partial charge in [0.05, 0.1) is 24.2 Å². The molecule has 0 unspecified atom stereocenters. The average molecular weight is 280 g/mol. The molecule has 6 nitrogen and oxygen atoms in total. The van der Waals surface area contributed by atoms with E-state index in [4.69, 9.17) is 4.74 Å². The van der Waals surface area contributed by atoms with Crippen molar-refractivity contribution < 1.29 is 14.5 Å². The highest BCUT2D eigenvalue weighted by Crippen LogP contribution is 2.13. The molecule has 20 heavy (non-hydrogen) atoms. The quantitative estimate of drug-likeness (QED) is 0.414. The van der Waals surface area contributed by atoms with Crippen LogP contribution in [-0.4, -0.2) is 48.5 Å². The highest BCUT2D eigenvalue weighted by Gasteiger charge is 2.13. The molecule has 1 aromatic rings. The summed E-state index contributed by atoms with van der Waals surface area (Å²) in [5.74, 6) is -0.138. The predicted octanol–water partition coefficient (Wildman–Crippen LogP) is 2.13. The molecule has 0 saturated carbocycles. The number of nitro groups is 1. The van der Waals surface area contributed by atoms with Gasteiger partial charge in [-0.2, -0.15) is 0 Å².